The van der Waals surface area contributed by atoms with Crippen molar-refractivity contribution in [3.05, 3.63) is 29.0 Å². The Labute approximate surface area is 112 Å². The monoisotopic (exact) mass is 294 g/mol. The average molecular weight is 295 g/mol. The Morgan fingerprint density at radius 3 is 2.67 bits per heavy atom. The first-order chi connectivity index (χ1) is 8.36. The van der Waals surface area contributed by atoms with Crippen molar-refractivity contribution < 1.29 is 12.8 Å². The molecule has 0 saturated carbocycles. The molecule has 0 aliphatic rings. The molecule has 0 radical (unpaired) electrons. The van der Waals surface area contributed by atoms with Gasteiger partial charge >= 0.3 is 0 Å². The molecule has 0 saturated heterocycles. The van der Waals surface area contributed by atoms with Crippen LogP contribution in [-0.4, -0.2) is 26.8 Å². The fourth-order valence-corrected chi connectivity index (χ4v) is 2.58. The summed E-state index contributed by atoms with van der Waals surface area (Å²) in [5, 5.41) is 2.38. The first-order valence-electron chi connectivity index (χ1n) is 5.54. The summed E-state index contributed by atoms with van der Waals surface area (Å²) in [5.41, 5.74) is 0.182. The van der Waals surface area contributed by atoms with E-state index in [1.165, 1.54) is 6.07 Å². The van der Waals surface area contributed by atoms with Crippen molar-refractivity contribution in [2.45, 2.75) is 19.1 Å². The smallest absolute Gasteiger partial charge is 0.236 e. The summed E-state index contributed by atoms with van der Waals surface area (Å²) < 4.78 is 39.1. The topological polar surface area (TPSA) is 58.2 Å². The predicted octanol–water partition coefficient (Wildman–Crippen LogP) is 2.22. The van der Waals surface area contributed by atoms with Gasteiger partial charge in [-0.2, -0.15) is 0 Å². The molecule has 0 aliphatic heterocycles. The van der Waals surface area contributed by atoms with Gasteiger partial charge in [0, 0.05) is 6.54 Å². The summed E-state index contributed by atoms with van der Waals surface area (Å²) in [5.74, 6) is -0.511. The Kier molecular flexibility index (Phi) is 5.37. The Morgan fingerprint density at radius 1 is 1.44 bits per heavy atom. The number of hydrogen-bond donors (Lipinski definition) is 2. The van der Waals surface area contributed by atoms with Crippen LogP contribution < -0.4 is 10.0 Å². The molecule has 102 valence electrons. The number of hydrogen-bond acceptors (Lipinski definition) is 3. The molecule has 0 heterocycles. The molecule has 1 unspecified atom stereocenters. The first kappa shape index (κ1) is 15.2. The second kappa shape index (κ2) is 6.36. The summed E-state index contributed by atoms with van der Waals surface area (Å²) in [6.45, 7) is 4.51. The summed E-state index contributed by atoms with van der Waals surface area (Å²) in [7, 11) is -3.54. The average Bonchev–Trinajstić information content (AvgIpc) is 2.29. The minimum Gasteiger partial charge on any atom is -0.316 e. The van der Waals surface area contributed by atoms with Crippen molar-refractivity contribution in [1.82, 2.24) is 5.32 Å². The maximum absolute atomic E-state index is 12.8. The van der Waals surface area contributed by atoms with Gasteiger partial charge in [0.25, 0.3) is 0 Å². The molecule has 1 atom stereocenters. The van der Waals surface area contributed by atoms with Gasteiger partial charge in [-0.15, -0.1) is 0 Å². The molecule has 0 bridgehead atoms. The molecule has 1 aromatic carbocycles. The molecule has 18 heavy (non-hydrogen) atoms. The zero-order valence-corrected chi connectivity index (χ0v) is 11.8. The van der Waals surface area contributed by atoms with Crippen molar-refractivity contribution in [1.29, 1.82) is 0 Å². The van der Waals surface area contributed by atoms with E-state index in [1.807, 2.05) is 6.92 Å². The van der Waals surface area contributed by atoms with Gasteiger partial charge in [0.2, 0.25) is 10.0 Å². The molecule has 0 amide bonds. The number of nitrogens with one attached hydrogen (secondary N) is 2. The third-order valence-electron chi connectivity index (χ3n) is 2.39. The highest BCUT2D eigenvalue weighted by Gasteiger charge is 2.21. The SMILES string of the molecule is CCNCC(C)S(=O)(=O)Nc1ccc(F)cc1Cl. The highest BCUT2D eigenvalue weighted by molar-refractivity contribution is 7.93. The fourth-order valence-electron chi connectivity index (χ4n) is 1.28. The third-order valence-corrected chi connectivity index (χ3v) is 4.44. The van der Waals surface area contributed by atoms with Crippen molar-refractivity contribution in [3.63, 3.8) is 0 Å². The van der Waals surface area contributed by atoms with Crippen LogP contribution in [0.3, 0.4) is 0 Å². The van der Waals surface area contributed by atoms with Gasteiger partial charge in [0.05, 0.1) is 16.0 Å². The van der Waals surface area contributed by atoms with Crippen molar-refractivity contribution in [2.24, 2.45) is 0 Å². The molecule has 2 N–H and O–H groups in total. The van der Waals surface area contributed by atoms with Crippen LogP contribution in [0.25, 0.3) is 0 Å². The van der Waals surface area contributed by atoms with Crippen molar-refractivity contribution >= 4 is 27.3 Å². The van der Waals surface area contributed by atoms with E-state index in [2.05, 4.69) is 10.0 Å². The van der Waals surface area contributed by atoms with Crippen LogP contribution in [-0.2, 0) is 10.0 Å². The van der Waals surface area contributed by atoms with Crippen LogP contribution in [0.4, 0.5) is 10.1 Å². The van der Waals surface area contributed by atoms with Gasteiger partial charge in [-0.3, -0.25) is 4.72 Å². The fraction of sp³-hybridized carbons (Fsp3) is 0.455. The molecule has 0 aromatic heterocycles. The first-order valence-corrected chi connectivity index (χ1v) is 7.46. The lowest BCUT2D eigenvalue weighted by Gasteiger charge is -2.15. The summed E-state index contributed by atoms with van der Waals surface area (Å²) >= 11 is 5.76. The van der Waals surface area contributed by atoms with E-state index in [4.69, 9.17) is 11.6 Å². The largest absolute Gasteiger partial charge is 0.316 e. The lowest BCUT2D eigenvalue weighted by molar-refractivity contribution is 0.579. The second-order valence-corrected chi connectivity index (χ2v) is 6.40. The lowest BCUT2D eigenvalue weighted by atomic mass is 10.3. The quantitative estimate of drug-likeness (QED) is 0.846. The van der Waals surface area contributed by atoms with E-state index in [-0.39, 0.29) is 10.7 Å². The normalized spacial score (nSPS) is 13.3. The van der Waals surface area contributed by atoms with E-state index in [1.54, 1.807) is 6.92 Å². The Bertz CT molecular complexity index is 508. The van der Waals surface area contributed by atoms with Gasteiger partial charge in [0.15, 0.2) is 0 Å². The van der Waals surface area contributed by atoms with Crippen LogP contribution in [0.5, 0.6) is 0 Å². The van der Waals surface area contributed by atoms with Crippen LogP contribution >= 0.6 is 11.6 Å². The molecule has 0 aliphatic carbocycles. The summed E-state index contributed by atoms with van der Waals surface area (Å²) in [6, 6.07) is 3.52. The van der Waals surface area contributed by atoms with Gasteiger partial charge in [-0.1, -0.05) is 18.5 Å². The Balaban J connectivity index is 2.82. The minimum absolute atomic E-state index is 0.0363. The highest BCUT2D eigenvalue weighted by Crippen LogP contribution is 2.24. The Hall–Kier alpha value is -0.850. The second-order valence-electron chi connectivity index (χ2n) is 3.89. The zero-order chi connectivity index (χ0) is 13.8. The van der Waals surface area contributed by atoms with Crippen LogP contribution in [0, 0.1) is 5.82 Å². The predicted molar refractivity (Wildman–Crippen MR) is 72.0 cm³/mol. The van der Waals surface area contributed by atoms with E-state index in [0.29, 0.717) is 13.1 Å². The molecule has 7 heteroatoms. The Morgan fingerprint density at radius 2 is 2.11 bits per heavy atom. The van der Waals surface area contributed by atoms with Crippen LogP contribution in [0.2, 0.25) is 5.02 Å². The number of benzene rings is 1. The number of anilines is 1. The zero-order valence-electron chi connectivity index (χ0n) is 10.2. The molecular formula is C11H16ClFN2O2S. The molecule has 1 rings (SSSR count). The molecular weight excluding hydrogens is 279 g/mol. The van der Waals surface area contributed by atoms with E-state index in [9.17, 15) is 12.8 Å². The van der Waals surface area contributed by atoms with E-state index in [0.717, 1.165) is 12.1 Å². The molecule has 0 spiro atoms. The van der Waals surface area contributed by atoms with E-state index >= 15 is 0 Å². The highest BCUT2D eigenvalue weighted by atomic mass is 35.5. The molecule has 0 fully saturated rings. The van der Waals surface area contributed by atoms with Gasteiger partial charge < -0.3 is 5.32 Å². The van der Waals surface area contributed by atoms with Crippen molar-refractivity contribution in [2.75, 3.05) is 17.8 Å². The maximum atomic E-state index is 12.8. The van der Waals surface area contributed by atoms with Crippen LogP contribution in [0.1, 0.15) is 13.8 Å². The third kappa shape index (κ3) is 4.12. The number of sulfonamides is 1. The molecule has 1 aromatic rings. The van der Waals surface area contributed by atoms with Crippen molar-refractivity contribution in [3.8, 4) is 0 Å². The van der Waals surface area contributed by atoms with E-state index < -0.39 is 21.1 Å². The molecule has 4 nitrogen and oxygen atoms in total. The number of halogens is 2. The standard InChI is InChI=1S/C11H16ClFN2O2S/c1-3-14-7-8(2)18(16,17)15-11-5-4-9(13)6-10(11)12/h4-6,8,14-15H,3,7H2,1-2H3. The summed E-state index contributed by atoms with van der Waals surface area (Å²) in [4.78, 5) is 0. The van der Waals surface area contributed by atoms with Gasteiger partial charge in [-0.05, 0) is 31.7 Å². The summed E-state index contributed by atoms with van der Waals surface area (Å²) in [6.07, 6.45) is 0. The van der Waals surface area contributed by atoms with Gasteiger partial charge in [0.1, 0.15) is 5.82 Å². The minimum atomic E-state index is -3.54. The number of rotatable bonds is 6. The lowest BCUT2D eigenvalue weighted by Crippen LogP contribution is -2.34. The van der Waals surface area contributed by atoms with Crippen LogP contribution in [0.15, 0.2) is 18.2 Å². The van der Waals surface area contributed by atoms with Gasteiger partial charge in [-0.25, -0.2) is 12.8 Å². The maximum Gasteiger partial charge on any atom is 0.236 e.